The Kier molecular flexibility index (Phi) is 3.32. The molecule has 0 heterocycles. The molecule has 1 spiro atoms. The van der Waals surface area contributed by atoms with Crippen LogP contribution in [0.4, 0.5) is 0 Å². The van der Waals surface area contributed by atoms with E-state index in [1.165, 1.54) is 49.7 Å². The molecule has 1 saturated carbocycles. The van der Waals surface area contributed by atoms with Crippen molar-refractivity contribution in [3.8, 4) is 0 Å². The van der Waals surface area contributed by atoms with Crippen LogP contribution in [0.3, 0.4) is 0 Å². The highest BCUT2D eigenvalue weighted by Crippen LogP contribution is 2.52. The summed E-state index contributed by atoms with van der Waals surface area (Å²) in [6.07, 6.45) is 12.4. The number of hydrogen-bond acceptors (Lipinski definition) is 1. The fourth-order valence-corrected chi connectivity index (χ4v) is 3.65. The Bertz CT molecular complexity index is 340. The normalized spacial score (nSPS) is 24.6. The lowest BCUT2D eigenvalue weighted by Gasteiger charge is -2.36. The molecule has 2 aliphatic rings. The van der Waals surface area contributed by atoms with E-state index in [1.54, 1.807) is 6.08 Å². The Labute approximate surface area is 98.6 Å². The van der Waals surface area contributed by atoms with Crippen molar-refractivity contribution < 1.29 is 4.79 Å². The highest BCUT2D eigenvalue weighted by Gasteiger charge is 2.41. The van der Waals surface area contributed by atoms with Gasteiger partial charge in [-0.1, -0.05) is 24.5 Å². The molecule has 0 bridgehead atoms. The first-order valence-corrected chi connectivity index (χ1v) is 6.57. The number of hydrogen-bond donors (Lipinski definition) is 0. The van der Waals surface area contributed by atoms with Crippen LogP contribution in [0.25, 0.3) is 0 Å². The molecule has 88 valence electrons. The highest BCUT2D eigenvalue weighted by atomic mass is 16.1. The molecular weight excluding hydrogens is 196 g/mol. The quantitative estimate of drug-likeness (QED) is 0.635. The van der Waals surface area contributed by atoms with Gasteiger partial charge in [-0.15, -0.1) is 0 Å². The zero-order valence-electron chi connectivity index (χ0n) is 10.5. The average Bonchev–Trinajstić information content (AvgIpc) is 2.67. The molecule has 16 heavy (non-hydrogen) atoms. The third kappa shape index (κ3) is 1.88. The molecule has 0 N–H and O–H groups in total. The second-order valence-electron chi connectivity index (χ2n) is 5.36. The van der Waals surface area contributed by atoms with Crippen LogP contribution in [0.2, 0.25) is 0 Å². The first-order valence-electron chi connectivity index (χ1n) is 6.57. The predicted molar refractivity (Wildman–Crippen MR) is 67.3 cm³/mol. The molecule has 1 nitrogen and oxygen atoms in total. The molecule has 1 heteroatoms. The first kappa shape index (κ1) is 11.6. The summed E-state index contributed by atoms with van der Waals surface area (Å²) in [5.74, 6) is 0.279. The van der Waals surface area contributed by atoms with E-state index < -0.39 is 0 Å². The summed E-state index contributed by atoms with van der Waals surface area (Å²) >= 11 is 0. The summed E-state index contributed by atoms with van der Waals surface area (Å²) in [4.78, 5) is 12.2. The number of rotatable bonds is 2. The third-order valence-corrected chi connectivity index (χ3v) is 4.29. The van der Waals surface area contributed by atoms with Crippen molar-refractivity contribution >= 4 is 5.78 Å². The monoisotopic (exact) mass is 218 g/mol. The molecule has 0 radical (unpaired) electrons. The lowest BCUT2D eigenvalue weighted by molar-refractivity contribution is -0.112. The van der Waals surface area contributed by atoms with E-state index >= 15 is 0 Å². The Morgan fingerprint density at radius 1 is 1.19 bits per heavy atom. The predicted octanol–water partition coefficient (Wildman–Crippen LogP) is 4.19. The van der Waals surface area contributed by atoms with Crippen LogP contribution in [0.15, 0.2) is 23.3 Å². The lowest BCUT2D eigenvalue weighted by Crippen LogP contribution is -2.28. The number of ketones is 1. The van der Waals surface area contributed by atoms with Crippen LogP contribution in [0.1, 0.15) is 58.8 Å². The minimum Gasteiger partial charge on any atom is -0.290 e. The summed E-state index contributed by atoms with van der Waals surface area (Å²) in [5, 5.41) is 0. The first-order chi connectivity index (χ1) is 7.69. The maximum Gasteiger partial charge on any atom is 0.181 e. The Morgan fingerprint density at radius 3 is 2.44 bits per heavy atom. The van der Waals surface area contributed by atoms with Gasteiger partial charge in [0.1, 0.15) is 0 Å². The van der Waals surface area contributed by atoms with Gasteiger partial charge in [0.15, 0.2) is 5.78 Å². The van der Waals surface area contributed by atoms with E-state index in [-0.39, 0.29) is 11.2 Å². The largest absolute Gasteiger partial charge is 0.290 e. The zero-order valence-corrected chi connectivity index (χ0v) is 10.5. The van der Waals surface area contributed by atoms with Gasteiger partial charge < -0.3 is 0 Å². The van der Waals surface area contributed by atoms with Gasteiger partial charge in [0.25, 0.3) is 0 Å². The van der Waals surface area contributed by atoms with Gasteiger partial charge in [-0.25, -0.2) is 0 Å². The van der Waals surface area contributed by atoms with Crippen molar-refractivity contribution in [3.63, 3.8) is 0 Å². The molecule has 0 atom stereocenters. The maximum absolute atomic E-state index is 12.2. The Morgan fingerprint density at radius 2 is 1.81 bits per heavy atom. The van der Waals surface area contributed by atoms with Crippen LogP contribution < -0.4 is 0 Å². The van der Waals surface area contributed by atoms with E-state index in [0.717, 1.165) is 6.42 Å². The lowest BCUT2D eigenvalue weighted by atomic mass is 9.67. The SMILES string of the molecule is CC=CC(=O)C1=C(C)CCCC12CCCC2. The minimum absolute atomic E-state index is 0.263. The van der Waals surface area contributed by atoms with Crippen LogP contribution in [0.5, 0.6) is 0 Å². The van der Waals surface area contributed by atoms with Crippen molar-refractivity contribution in [1.82, 2.24) is 0 Å². The van der Waals surface area contributed by atoms with E-state index in [1.807, 2.05) is 13.0 Å². The van der Waals surface area contributed by atoms with E-state index in [9.17, 15) is 4.79 Å². The number of carbonyl (C=O) groups is 1. The van der Waals surface area contributed by atoms with Crippen LogP contribution >= 0.6 is 0 Å². The maximum atomic E-state index is 12.2. The topological polar surface area (TPSA) is 17.1 Å². The van der Waals surface area contributed by atoms with E-state index in [4.69, 9.17) is 0 Å². The molecule has 0 saturated heterocycles. The van der Waals surface area contributed by atoms with Crippen molar-refractivity contribution in [2.75, 3.05) is 0 Å². The van der Waals surface area contributed by atoms with Crippen LogP contribution in [0, 0.1) is 5.41 Å². The number of allylic oxidation sites excluding steroid dienone is 4. The highest BCUT2D eigenvalue weighted by molar-refractivity contribution is 6.05. The fraction of sp³-hybridized carbons (Fsp3) is 0.667. The van der Waals surface area contributed by atoms with E-state index in [2.05, 4.69) is 6.92 Å². The molecule has 0 aromatic carbocycles. The minimum atomic E-state index is 0.263. The van der Waals surface area contributed by atoms with Crippen molar-refractivity contribution in [2.45, 2.75) is 58.8 Å². The van der Waals surface area contributed by atoms with Gasteiger partial charge in [0.05, 0.1) is 0 Å². The molecule has 0 amide bonds. The van der Waals surface area contributed by atoms with Gasteiger partial charge >= 0.3 is 0 Å². The molecule has 0 unspecified atom stereocenters. The number of carbonyl (C=O) groups excluding carboxylic acids is 1. The van der Waals surface area contributed by atoms with Crippen molar-refractivity contribution in [2.24, 2.45) is 5.41 Å². The molecule has 0 aromatic rings. The summed E-state index contributed by atoms with van der Waals surface area (Å²) < 4.78 is 0. The average molecular weight is 218 g/mol. The third-order valence-electron chi connectivity index (χ3n) is 4.29. The Hall–Kier alpha value is -0.850. The van der Waals surface area contributed by atoms with Crippen molar-refractivity contribution in [3.05, 3.63) is 23.3 Å². The molecule has 1 fully saturated rings. The fourth-order valence-electron chi connectivity index (χ4n) is 3.65. The van der Waals surface area contributed by atoms with Crippen LogP contribution in [-0.2, 0) is 4.79 Å². The smallest absolute Gasteiger partial charge is 0.181 e. The summed E-state index contributed by atoms with van der Waals surface area (Å²) in [5.41, 5.74) is 2.80. The van der Waals surface area contributed by atoms with Gasteiger partial charge in [-0.05, 0) is 57.4 Å². The van der Waals surface area contributed by atoms with Gasteiger partial charge in [0, 0.05) is 5.57 Å². The zero-order chi connectivity index (χ0) is 11.6. The summed E-state index contributed by atoms with van der Waals surface area (Å²) in [6.45, 7) is 4.09. The molecule has 2 aliphatic carbocycles. The molecule has 2 rings (SSSR count). The van der Waals surface area contributed by atoms with E-state index in [0.29, 0.717) is 0 Å². The van der Waals surface area contributed by atoms with Gasteiger partial charge in [0.2, 0.25) is 0 Å². The molecular formula is C15H22O. The second-order valence-corrected chi connectivity index (χ2v) is 5.36. The van der Waals surface area contributed by atoms with Gasteiger partial charge in [-0.2, -0.15) is 0 Å². The standard InChI is InChI=1S/C15H22O/c1-3-7-13(16)14-12(2)8-6-11-15(14)9-4-5-10-15/h3,7H,4-6,8-11H2,1-2H3. The van der Waals surface area contributed by atoms with Gasteiger partial charge in [-0.3, -0.25) is 4.79 Å². The molecule has 0 aromatic heterocycles. The Balaban J connectivity index is 2.38. The molecule has 0 aliphatic heterocycles. The summed E-state index contributed by atoms with van der Waals surface area (Å²) in [6, 6.07) is 0. The second kappa shape index (κ2) is 4.57. The van der Waals surface area contributed by atoms with Crippen molar-refractivity contribution in [1.29, 1.82) is 0 Å². The van der Waals surface area contributed by atoms with Crippen LogP contribution in [-0.4, -0.2) is 5.78 Å². The summed E-state index contributed by atoms with van der Waals surface area (Å²) in [7, 11) is 0.